The van der Waals surface area contributed by atoms with Gasteiger partial charge in [-0.2, -0.15) is 18.2 Å². The predicted octanol–water partition coefficient (Wildman–Crippen LogP) is 2.63. The maximum atomic E-state index is 12.7. The molecule has 0 amide bonds. The molecule has 0 aromatic carbocycles. The Labute approximate surface area is 104 Å². The lowest BCUT2D eigenvalue weighted by Gasteiger charge is -2.21. The summed E-state index contributed by atoms with van der Waals surface area (Å²) in [5, 5.41) is 2.54. The van der Waals surface area contributed by atoms with Crippen LogP contribution in [0.1, 0.15) is 19.5 Å². The highest BCUT2D eigenvalue weighted by Gasteiger charge is 2.34. The largest absolute Gasteiger partial charge is 0.433 e. The van der Waals surface area contributed by atoms with Crippen molar-refractivity contribution in [1.29, 1.82) is 0 Å². The number of hydrogen-bond donors (Lipinski definition) is 1. The van der Waals surface area contributed by atoms with Crippen LogP contribution < -0.4 is 10.2 Å². The highest BCUT2D eigenvalue weighted by Crippen LogP contribution is 2.30. The van der Waals surface area contributed by atoms with Gasteiger partial charge in [-0.05, 0) is 5.92 Å². The molecule has 1 rings (SSSR count). The van der Waals surface area contributed by atoms with E-state index in [4.69, 9.17) is 0 Å². The lowest BCUT2D eigenvalue weighted by atomic mass is 10.2. The van der Waals surface area contributed by atoms with Crippen LogP contribution in [0.5, 0.6) is 0 Å². The van der Waals surface area contributed by atoms with Crippen molar-refractivity contribution in [2.75, 3.05) is 30.9 Å². The number of rotatable bonds is 4. The Morgan fingerprint density at radius 1 is 1.33 bits per heavy atom. The van der Waals surface area contributed by atoms with E-state index in [0.717, 1.165) is 6.07 Å². The predicted molar refractivity (Wildman–Crippen MR) is 64.7 cm³/mol. The minimum atomic E-state index is -4.47. The molecule has 0 bridgehead atoms. The van der Waals surface area contributed by atoms with E-state index < -0.39 is 11.9 Å². The van der Waals surface area contributed by atoms with Gasteiger partial charge >= 0.3 is 6.18 Å². The Balaban J connectivity index is 3.12. The monoisotopic (exact) mass is 262 g/mol. The fourth-order valence-corrected chi connectivity index (χ4v) is 1.53. The van der Waals surface area contributed by atoms with Crippen LogP contribution >= 0.6 is 0 Å². The van der Waals surface area contributed by atoms with Crippen molar-refractivity contribution in [3.05, 3.63) is 11.8 Å². The fraction of sp³-hybridized carbons (Fsp3) is 0.636. The molecule has 0 aliphatic heterocycles. The summed E-state index contributed by atoms with van der Waals surface area (Å²) in [5.41, 5.74) is -0.938. The van der Waals surface area contributed by atoms with Crippen LogP contribution in [0.3, 0.4) is 0 Å². The molecule has 0 saturated carbocycles. The van der Waals surface area contributed by atoms with Crippen LogP contribution in [0.4, 0.5) is 24.9 Å². The second-order valence-electron chi connectivity index (χ2n) is 4.46. The third kappa shape index (κ3) is 3.75. The number of halogens is 3. The molecule has 0 spiro atoms. The van der Waals surface area contributed by atoms with Gasteiger partial charge in [0.1, 0.15) is 5.82 Å². The van der Waals surface area contributed by atoms with Crippen LogP contribution in [-0.2, 0) is 6.18 Å². The van der Waals surface area contributed by atoms with Crippen LogP contribution in [-0.4, -0.2) is 30.6 Å². The Hall–Kier alpha value is -1.53. The Bertz CT molecular complexity index is 404. The average molecular weight is 262 g/mol. The van der Waals surface area contributed by atoms with Gasteiger partial charge in [0.05, 0.1) is 0 Å². The molecule has 0 saturated heterocycles. The zero-order valence-electron chi connectivity index (χ0n) is 10.8. The summed E-state index contributed by atoms with van der Waals surface area (Å²) in [5.74, 6) is 0.558. The molecule has 1 aromatic rings. The first kappa shape index (κ1) is 14.5. The SMILES string of the molecule is CNc1nc(N(C)CC(C)C)cc(C(F)(F)F)n1. The summed E-state index contributed by atoms with van der Waals surface area (Å²) in [6.45, 7) is 4.60. The molecule has 0 radical (unpaired) electrons. The normalized spacial score (nSPS) is 11.8. The number of anilines is 2. The quantitative estimate of drug-likeness (QED) is 0.905. The molecular weight excluding hydrogens is 245 g/mol. The van der Waals surface area contributed by atoms with Gasteiger partial charge in [-0.1, -0.05) is 13.8 Å². The molecule has 0 fully saturated rings. The van der Waals surface area contributed by atoms with E-state index in [-0.39, 0.29) is 11.8 Å². The van der Waals surface area contributed by atoms with Gasteiger partial charge in [0.25, 0.3) is 0 Å². The van der Waals surface area contributed by atoms with Crippen molar-refractivity contribution in [3.8, 4) is 0 Å². The van der Waals surface area contributed by atoms with E-state index >= 15 is 0 Å². The van der Waals surface area contributed by atoms with E-state index in [2.05, 4.69) is 15.3 Å². The molecular formula is C11H17F3N4. The highest BCUT2D eigenvalue weighted by molar-refractivity contribution is 5.44. The maximum absolute atomic E-state index is 12.7. The molecule has 18 heavy (non-hydrogen) atoms. The van der Waals surface area contributed by atoms with Crippen molar-refractivity contribution in [2.45, 2.75) is 20.0 Å². The second-order valence-corrected chi connectivity index (χ2v) is 4.46. The summed E-state index contributed by atoms with van der Waals surface area (Å²) in [6, 6.07) is 0.962. The van der Waals surface area contributed by atoms with Crippen molar-refractivity contribution >= 4 is 11.8 Å². The van der Waals surface area contributed by atoms with Crippen molar-refractivity contribution in [1.82, 2.24) is 9.97 Å². The fourth-order valence-electron chi connectivity index (χ4n) is 1.53. The van der Waals surface area contributed by atoms with E-state index in [1.165, 1.54) is 7.05 Å². The minimum Gasteiger partial charge on any atom is -0.359 e. The van der Waals surface area contributed by atoms with Crippen LogP contribution in [0.15, 0.2) is 6.07 Å². The molecule has 0 unspecified atom stereocenters. The summed E-state index contributed by atoms with van der Waals surface area (Å²) in [4.78, 5) is 9.12. The van der Waals surface area contributed by atoms with Gasteiger partial charge in [0, 0.05) is 26.7 Å². The lowest BCUT2D eigenvalue weighted by molar-refractivity contribution is -0.141. The summed E-state index contributed by atoms with van der Waals surface area (Å²) >= 11 is 0. The first-order valence-corrected chi connectivity index (χ1v) is 5.59. The molecule has 4 nitrogen and oxygen atoms in total. The topological polar surface area (TPSA) is 41.1 Å². The van der Waals surface area contributed by atoms with Gasteiger partial charge in [-0.25, -0.2) is 4.98 Å². The Kier molecular flexibility index (Phi) is 4.37. The van der Waals surface area contributed by atoms with Crippen LogP contribution in [0.25, 0.3) is 0 Å². The van der Waals surface area contributed by atoms with Crippen molar-refractivity contribution < 1.29 is 13.2 Å². The van der Waals surface area contributed by atoms with E-state index in [1.54, 1.807) is 11.9 Å². The molecule has 7 heteroatoms. The summed E-state index contributed by atoms with van der Waals surface area (Å²) < 4.78 is 38.0. The minimum absolute atomic E-state index is 0.0320. The van der Waals surface area contributed by atoms with Gasteiger partial charge in [-0.3, -0.25) is 0 Å². The second kappa shape index (κ2) is 5.41. The van der Waals surface area contributed by atoms with E-state index in [1.807, 2.05) is 13.8 Å². The Morgan fingerprint density at radius 2 is 1.94 bits per heavy atom. The lowest BCUT2D eigenvalue weighted by Crippen LogP contribution is -2.25. The van der Waals surface area contributed by atoms with Gasteiger partial charge in [0.2, 0.25) is 5.95 Å². The van der Waals surface area contributed by atoms with Crippen molar-refractivity contribution in [3.63, 3.8) is 0 Å². The smallest absolute Gasteiger partial charge is 0.359 e. The number of alkyl halides is 3. The number of nitrogens with zero attached hydrogens (tertiary/aromatic N) is 3. The summed E-state index contributed by atoms with van der Waals surface area (Å²) in [7, 11) is 3.20. The molecule has 0 atom stereocenters. The zero-order chi connectivity index (χ0) is 13.9. The van der Waals surface area contributed by atoms with Gasteiger partial charge < -0.3 is 10.2 Å². The molecule has 0 aliphatic carbocycles. The third-order valence-electron chi connectivity index (χ3n) is 2.26. The zero-order valence-corrected chi connectivity index (χ0v) is 10.8. The Morgan fingerprint density at radius 3 is 2.39 bits per heavy atom. The molecule has 0 aliphatic rings. The van der Waals surface area contributed by atoms with Crippen molar-refractivity contribution in [2.24, 2.45) is 5.92 Å². The number of hydrogen-bond acceptors (Lipinski definition) is 4. The average Bonchev–Trinajstić information content (AvgIpc) is 2.26. The number of nitrogens with one attached hydrogen (secondary N) is 1. The molecule has 102 valence electrons. The van der Waals surface area contributed by atoms with Gasteiger partial charge in [0.15, 0.2) is 5.69 Å². The molecule has 1 aromatic heterocycles. The standard InChI is InChI=1S/C11H17F3N4/c1-7(2)6-18(4)9-5-8(11(12,13)14)16-10(15-3)17-9/h5,7H,6H2,1-4H3,(H,15,16,17). The first-order valence-electron chi connectivity index (χ1n) is 5.59. The van der Waals surface area contributed by atoms with Crippen LogP contribution in [0, 0.1) is 5.92 Å². The third-order valence-corrected chi connectivity index (χ3v) is 2.26. The highest BCUT2D eigenvalue weighted by atomic mass is 19.4. The van der Waals surface area contributed by atoms with E-state index in [9.17, 15) is 13.2 Å². The van der Waals surface area contributed by atoms with Crippen LogP contribution in [0.2, 0.25) is 0 Å². The first-order chi connectivity index (χ1) is 8.24. The van der Waals surface area contributed by atoms with E-state index in [0.29, 0.717) is 12.5 Å². The molecule has 1 heterocycles. The maximum Gasteiger partial charge on any atom is 0.433 e. The van der Waals surface area contributed by atoms with Gasteiger partial charge in [-0.15, -0.1) is 0 Å². The number of aromatic nitrogens is 2. The summed E-state index contributed by atoms with van der Waals surface area (Å²) in [6.07, 6.45) is -4.47. The molecule has 1 N–H and O–H groups in total.